The van der Waals surface area contributed by atoms with Crippen LogP contribution in [0.25, 0.3) is 11.2 Å². The van der Waals surface area contributed by atoms with Gasteiger partial charge in [-0.05, 0) is 45.4 Å². The number of esters is 1. The number of para-hydroxylation sites is 1. The summed E-state index contributed by atoms with van der Waals surface area (Å²) in [5.74, 6) is -4.19. The van der Waals surface area contributed by atoms with Crippen LogP contribution < -0.4 is 20.7 Å². The Morgan fingerprint density at radius 2 is 1.75 bits per heavy atom. The fourth-order valence-electron chi connectivity index (χ4n) is 5.19. The first kappa shape index (κ1) is 37.4. The second-order valence-electron chi connectivity index (χ2n) is 11.9. The Balaban J connectivity index is 1.48. The zero-order chi connectivity index (χ0) is 37.0. The molecule has 0 spiro atoms. The number of nitrogens with zero attached hydrogens (tertiary/aromatic N) is 4. The molecule has 2 unspecified atom stereocenters. The van der Waals surface area contributed by atoms with Crippen molar-refractivity contribution in [3.05, 3.63) is 72.6 Å². The van der Waals surface area contributed by atoms with E-state index in [9.17, 15) is 14.2 Å². The summed E-state index contributed by atoms with van der Waals surface area (Å²) < 4.78 is 81.9. The third-order valence-electron chi connectivity index (χ3n) is 7.49. The molecule has 3 heterocycles. The maximum absolute atomic E-state index is 17.3. The molecule has 4 N–H and O–H groups in total. The van der Waals surface area contributed by atoms with Crippen molar-refractivity contribution in [1.82, 2.24) is 24.6 Å². The molecule has 2 aromatic carbocycles. The Kier molecular flexibility index (Phi) is 11.1. The Hall–Kier alpha value is -4.90. The van der Waals surface area contributed by atoms with Crippen molar-refractivity contribution in [2.75, 3.05) is 24.7 Å². The molecule has 0 amide bonds. The number of ether oxygens (including phenoxy) is 4. The summed E-state index contributed by atoms with van der Waals surface area (Å²) in [6.07, 6.45) is -5.17. The first-order valence-electron chi connectivity index (χ1n) is 15.7. The Morgan fingerprint density at radius 3 is 2.39 bits per heavy atom. The molecular weight excluding hydrogens is 695 g/mol. The van der Waals surface area contributed by atoms with Crippen LogP contribution in [0.15, 0.2) is 67.0 Å². The van der Waals surface area contributed by atoms with Gasteiger partial charge in [0.05, 0.1) is 12.4 Å². The van der Waals surface area contributed by atoms with Crippen LogP contribution in [0.2, 0.25) is 0 Å². The van der Waals surface area contributed by atoms with Crippen molar-refractivity contribution < 1.29 is 50.9 Å². The van der Waals surface area contributed by atoms with E-state index in [0.717, 1.165) is 17.8 Å². The minimum absolute atomic E-state index is 0.0194. The lowest BCUT2D eigenvalue weighted by Gasteiger charge is -2.30. The van der Waals surface area contributed by atoms with Gasteiger partial charge < -0.3 is 34.5 Å². The van der Waals surface area contributed by atoms with Crippen molar-refractivity contribution >= 4 is 42.8 Å². The van der Waals surface area contributed by atoms with E-state index in [4.69, 9.17) is 33.7 Å². The van der Waals surface area contributed by atoms with Gasteiger partial charge in [0, 0.05) is 7.05 Å². The summed E-state index contributed by atoms with van der Waals surface area (Å²) in [7, 11) is -3.16. The van der Waals surface area contributed by atoms with E-state index in [-0.39, 0.29) is 35.3 Å². The quantitative estimate of drug-likeness (QED) is 0.112. The number of fused-ring (bicyclic) bond motifs is 1. The van der Waals surface area contributed by atoms with Gasteiger partial charge in [0.25, 0.3) is 5.85 Å². The van der Waals surface area contributed by atoms with Gasteiger partial charge >= 0.3 is 19.9 Å². The average molecular weight is 734 g/mol. The largest absolute Gasteiger partial charge is 0.509 e. The molecule has 6 atom stereocenters. The number of nitrogens with one attached hydrogen (secondary N) is 2. The van der Waals surface area contributed by atoms with E-state index in [2.05, 4.69) is 25.4 Å². The molecule has 0 saturated carbocycles. The van der Waals surface area contributed by atoms with E-state index >= 15 is 8.78 Å². The number of rotatable bonds is 14. The topological polar surface area (TPSA) is 200 Å². The summed E-state index contributed by atoms with van der Waals surface area (Å²) in [4.78, 5) is 37.9. The molecule has 16 nitrogen and oxygen atoms in total. The summed E-state index contributed by atoms with van der Waals surface area (Å²) in [5.41, 5.74) is 3.64. The molecule has 4 aromatic rings. The molecule has 2 aromatic heterocycles. The molecule has 1 aliphatic heterocycles. The summed E-state index contributed by atoms with van der Waals surface area (Å²) in [6, 6.07) is 14.9. The number of carbonyl (C=O) groups excluding carboxylic acids is 2. The predicted octanol–water partition coefficient (Wildman–Crippen LogP) is 5.23. The van der Waals surface area contributed by atoms with Gasteiger partial charge in [-0.25, -0.2) is 23.1 Å². The second-order valence-corrected chi connectivity index (χ2v) is 13.6. The highest BCUT2D eigenvalue weighted by molar-refractivity contribution is 7.52. The number of carbonyl (C=O) groups is 2. The van der Waals surface area contributed by atoms with Crippen molar-refractivity contribution in [1.29, 1.82) is 0 Å². The van der Waals surface area contributed by atoms with Crippen molar-refractivity contribution in [2.45, 2.75) is 70.3 Å². The Bertz CT molecular complexity index is 1890. The van der Waals surface area contributed by atoms with Gasteiger partial charge in [-0.3, -0.25) is 13.9 Å². The number of hydrogen-bond acceptors (Lipinski definition) is 14. The van der Waals surface area contributed by atoms with Crippen molar-refractivity contribution in [3.8, 4) is 5.75 Å². The van der Waals surface area contributed by atoms with Gasteiger partial charge in [-0.1, -0.05) is 48.5 Å². The number of halogens is 2. The third-order valence-corrected chi connectivity index (χ3v) is 9.12. The third kappa shape index (κ3) is 8.53. The van der Waals surface area contributed by atoms with Crippen LogP contribution in [-0.4, -0.2) is 75.1 Å². The highest BCUT2D eigenvalue weighted by Crippen LogP contribution is 2.53. The SMILES string of the molecule is CNc1nc(N)nc2c1ncn2[C@@H]1O[C@](F)(COP(=O)(NC(C)C(=O)OC(C)C)Oc2ccccc2)[C@@H](OC(=O)OCc2ccccc2)[C@@]1(C)F. The van der Waals surface area contributed by atoms with Crippen LogP contribution in [0.3, 0.4) is 0 Å². The van der Waals surface area contributed by atoms with E-state index in [1.54, 1.807) is 69.4 Å². The number of nitrogen functional groups attached to an aromatic ring is 1. The molecule has 5 rings (SSSR count). The summed E-state index contributed by atoms with van der Waals surface area (Å²) >= 11 is 0. The molecule has 0 bridgehead atoms. The van der Waals surface area contributed by atoms with Crippen LogP contribution in [0.5, 0.6) is 5.75 Å². The summed E-state index contributed by atoms with van der Waals surface area (Å²) in [5, 5.41) is 5.22. The van der Waals surface area contributed by atoms with E-state index in [1.165, 1.54) is 19.1 Å². The minimum atomic E-state index is -4.71. The van der Waals surface area contributed by atoms with Gasteiger partial charge in [-0.2, -0.15) is 15.1 Å². The average Bonchev–Trinajstić information content (AvgIpc) is 3.58. The van der Waals surface area contributed by atoms with Gasteiger partial charge in [-0.15, -0.1) is 0 Å². The van der Waals surface area contributed by atoms with Gasteiger partial charge in [0.15, 0.2) is 28.9 Å². The molecule has 51 heavy (non-hydrogen) atoms. The molecule has 0 radical (unpaired) electrons. The number of alkyl halides is 2. The predicted molar refractivity (Wildman–Crippen MR) is 179 cm³/mol. The van der Waals surface area contributed by atoms with Crippen molar-refractivity contribution in [2.24, 2.45) is 0 Å². The summed E-state index contributed by atoms with van der Waals surface area (Å²) in [6.45, 7) is 3.85. The molecule has 274 valence electrons. The number of benzene rings is 2. The molecule has 1 fully saturated rings. The highest BCUT2D eigenvalue weighted by atomic mass is 31.2. The van der Waals surface area contributed by atoms with E-state index < -0.39 is 62.5 Å². The highest BCUT2D eigenvalue weighted by Gasteiger charge is 2.68. The van der Waals surface area contributed by atoms with Gasteiger partial charge in [0.1, 0.15) is 25.0 Å². The zero-order valence-electron chi connectivity index (χ0n) is 28.3. The fraction of sp³-hybridized carbons (Fsp3) is 0.406. The van der Waals surface area contributed by atoms with E-state index in [0.29, 0.717) is 5.56 Å². The first-order valence-corrected chi connectivity index (χ1v) is 17.3. The van der Waals surface area contributed by atoms with Crippen LogP contribution in [0.1, 0.15) is 39.5 Å². The smallest absolute Gasteiger partial charge is 0.462 e. The molecule has 1 aliphatic rings. The lowest BCUT2D eigenvalue weighted by atomic mass is 9.97. The van der Waals surface area contributed by atoms with Crippen LogP contribution in [0, 0.1) is 0 Å². The maximum atomic E-state index is 17.3. The maximum Gasteiger partial charge on any atom is 0.509 e. The number of nitrogens with two attached hydrogens (primary N) is 1. The Labute approximate surface area is 291 Å². The van der Waals surface area contributed by atoms with Crippen LogP contribution in [-0.2, 0) is 39.4 Å². The number of hydrogen-bond donors (Lipinski definition) is 3. The van der Waals surface area contributed by atoms with Crippen LogP contribution >= 0.6 is 7.75 Å². The molecule has 1 saturated heterocycles. The van der Waals surface area contributed by atoms with Gasteiger partial charge in [0.2, 0.25) is 12.1 Å². The van der Waals surface area contributed by atoms with Crippen LogP contribution in [0.4, 0.5) is 25.3 Å². The number of aromatic nitrogens is 4. The lowest BCUT2D eigenvalue weighted by Crippen LogP contribution is -2.50. The normalized spacial score (nSPS) is 23.4. The molecule has 19 heteroatoms. The molecular formula is C32H38F2N7O9P. The fourth-order valence-corrected chi connectivity index (χ4v) is 6.69. The molecule has 0 aliphatic carbocycles. The lowest BCUT2D eigenvalue weighted by molar-refractivity contribution is -0.206. The van der Waals surface area contributed by atoms with E-state index in [1.807, 2.05) is 0 Å². The standard InChI is InChI=1S/C32H38F2N7O9P/c1-19(2)47-26(42)20(3)40-51(44,50-22-14-10-7-11-15-22)46-17-32(34)27(48-30(43)45-16-21-12-8-6-9-13-21)31(4,33)28(49-32)41-18-37-23-24(36-5)38-29(35)39-25(23)41/h6-15,18-20,27-28H,16-17H2,1-5H3,(H,40,44)(H3,35,36,38,39)/t20?,27-,28+,31+,32+,51?/m0/s1. The number of anilines is 2. The Morgan fingerprint density at radius 1 is 1.08 bits per heavy atom. The monoisotopic (exact) mass is 733 g/mol. The zero-order valence-corrected chi connectivity index (χ0v) is 29.2. The minimum Gasteiger partial charge on any atom is -0.462 e. The second kappa shape index (κ2) is 15.1. The first-order chi connectivity index (χ1) is 24.1. The number of imidazole rings is 1. The van der Waals surface area contributed by atoms with Crippen molar-refractivity contribution in [3.63, 3.8) is 0 Å².